The fourth-order valence-corrected chi connectivity index (χ4v) is 2.57. The Morgan fingerprint density at radius 3 is 2.32 bits per heavy atom. The van der Waals surface area contributed by atoms with E-state index >= 15 is 0 Å². The average Bonchev–Trinajstić information content (AvgIpc) is 2.38. The molecule has 1 fully saturated rings. The predicted octanol–water partition coefficient (Wildman–Crippen LogP) is 0.655. The first-order valence-corrected chi connectivity index (χ1v) is 6.70. The van der Waals surface area contributed by atoms with Gasteiger partial charge in [0.25, 0.3) is 0 Å². The van der Waals surface area contributed by atoms with Crippen LogP contribution in [0.1, 0.15) is 12.8 Å². The number of nitrogens with zero attached hydrogens (tertiary/aromatic N) is 5. The van der Waals surface area contributed by atoms with Gasteiger partial charge in [-0.25, -0.2) is 9.97 Å². The molecule has 0 atom stereocenters. The first-order chi connectivity index (χ1) is 9.00. The third-order valence-electron chi connectivity index (χ3n) is 3.84. The molecule has 1 saturated heterocycles. The zero-order chi connectivity index (χ0) is 14.0. The van der Waals surface area contributed by atoms with Gasteiger partial charge in [0.2, 0.25) is 0 Å². The lowest BCUT2D eigenvalue weighted by Gasteiger charge is -2.36. The van der Waals surface area contributed by atoms with Gasteiger partial charge < -0.3 is 20.4 Å². The van der Waals surface area contributed by atoms with Gasteiger partial charge in [0.15, 0.2) is 11.6 Å². The van der Waals surface area contributed by atoms with Crippen LogP contribution in [0.15, 0.2) is 6.33 Å². The normalized spacial score (nSPS) is 17.5. The molecular formula is C13H24N6. The summed E-state index contributed by atoms with van der Waals surface area (Å²) in [6, 6.07) is 0.503. The number of anilines is 3. The molecule has 0 aromatic carbocycles. The van der Waals surface area contributed by atoms with E-state index in [2.05, 4.69) is 33.9 Å². The maximum Gasteiger partial charge on any atom is 0.157 e. The molecule has 2 N–H and O–H groups in total. The van der Waals surface area contributed by atoms with Gasteiger partial charge in [0.1, 0.15) is 12.0 Å². The second-order valence-corrected chi connectivity index (χ2v) is 5.47. The fraction of sp³-hybridized carbons (Fsp3) is 0.692. The van der Waals surface area contributed by atoms with Gasteiger partial charge in [-0.05, 0) is 33.0 Å². The van der Waals surface area contributed by atoms with Crippen LogP contribution in [0.4, 0.5) is 17.3 Å². The Labute approximate surface area is 115 Å². The van der Waals surface area contributed by atoms with Gasteiger partial charge in [-0.3, -0.25) is 0 Å². The number of likely N-dealkylation sites (tertiary alicyclic amines) is 1. The predicted molar refractivity (Wildman–Crippen MR) is 79.7 cm³/mol. The monoisotopic (exact) mass is 264 g/mol. The molecule has 0 aliphatic carbocycles. The SMILES string of the molecule is CN1CCC(N(C)c2ncnc(N(C)C)c2N)CC1. The van der Waals surface area contributed by atoms with E-state index in [0.29, 0.717) is 11.7 Å². The van der Waals surface area contributed by atoms with Crippen molar-refractivity contribution in [3.63, 3.8) is 0 Å². The van der Waals surface area contributed by atoms with E-state index in [0.717, 1.165) is 37.6 Å². The Kier molecular flexibility index (Phi) is 4.09. The molecule has 1 aliphatic rings. The van der Waals surface area contributed by atoms with Crippen LogP contribution >= 0.6 is 0 Å². The largest absolute Gasteiger partial charge is 0.393 e. The second kappa shape index (κ2) is 5.61. The van der Waals surface area contributed by atoms with Gasteiger partial charge in [0, 0.05) is 27.2 Å². The zero-order valence-electron chi connectivity index (χ0n) is 12.3. The molecule has 2 heterocycles. The van der Waals surface area contributed by atoms with Gasteiger partial charge in [-0.15, -0.1) is 0 Å². The molecule has 1 aromatic rings. The van der Waals surface area contributed by atoms with Crippen molar-refractivity contribution in [1.82, 2.24) is 14.9 Å². The van der Waals surface area contributed by atoms with Crippen molar-refractivity contribution < 1.29 is 0 Å². The first-order valence-electron chi connectivity index (χ1n) is 6.70. The lowest BCUT2D eigenvalue weighted by Crippen LogP contribution is -2.42. The molecule has 0 spiro atoms. The standard InChI is InChI=1S/C13H24N6/c1-17(2)12-11(14)13(16-9-15-12)19(4)10-5-7-18(3)8-6-10/h9-10H,5-8,14H2,1-4H3. The highest BCUT2D eigenvalue weighted by Crippen LogP contribution is 2.29. The van der Waals surface area contributed by atoms with Crippen LogP contribution in [-0.4, -0.2) is 62.2 Å². The Balaban J connectivity index is 2.19. The molecular weight excluding hydrogens is 240 g/mol. The molecule has 0 bridgehead atoms. The summed E-state index contributed by atoms with van der Waals surface area (Å²) in [5.41, 5.74) is 6.86. The quantitative estimate of drug-likeness (QED) is 0.865. The number of nitrogens with two attached hydrogens (primary N) is 1. The number of rotatable bonds is 3. The van der Waals surface area contributed by atoms with E-state index < -0.39 is 0 Å². The molecule has 6 nitrogen and oxygen atoms in total. The second-order valence-electron chi connectivity index (χ2n) is 5.47. The summed E-state index contributed by atoms with van der Waals surface area (Å²) in [4.78, 5) is 15.1. The van der Waals surface area contributed by atoms with Gasteiger partial charge in [-0.2, -0.15) is 0 Å². The summed E-state index contributed by atoms with van der Waals surface area (Å²) in [6.45, 7) is 2.25. The Morgan fingerprint density at radius 1 is 1.16 bits per heavy atom. The summed E-state index contributed by atoms with van der Waals surface area (Å²) in [7, 11) is 8.13. The van der Waals surface area contributed by atoms with Crippen molar-refractivity contribution in [1.29, 1.82) is 0 Å². The Bertz CT molecular complexity index is 425. The van der Waals surface area contributed by atoms with Crippen LogP contribution < -0.4 is 15.5 Å². The minimum absolute atomic E-state index is 0.503. The summed E-state index contributed by atoms with van der Waals surface area (Å²) >= 11 is 0. The number of hydrogen-bond acceptors (Lipinski definition) is 6. The van der Waals surface area contributed by atoms with Gasteiger partial charge in [-0.1, -0.05) is 0 Å². The van der Waals surface area contributed by atoms with E-state index in [-0.39, 0.29) is 0 Å². The van der Waals surface area contributed by atoms with Crippen LogP contribution in [0.25, 0.3) is 0 Å². The summed E-state index contributed by atoms with van der Waals surface area (Å²) in [5, 5.41) is 0. The van der Waals surface area contributed by atoms with E-state index in [1.54, 1.807) is 6.33 Å². The molecule has 0 radical (unpaired) electrons. The maximum absolute atomic E-state index is 6.20. The van der Waals surface area contributed by atoms with Crippen molar-refractivity contribution in [2.45, 2.75) is 18.9 Å². The van der Waals surface area contributed by atoms with E-state index in [4.69, 9.17) is 5.73 Å². The summed E-state index contributed by atoms with van der Waals surface area (Å²) in [5.74, 6) is 1.62. The third-order valence-corrected chi connectivity index (χ3v) is 3.84. The molecule has 6 heteroatoms. The van der Waals surface area contributed by atoms with Crippen LogP contribution in [0.3, 0.4) is 0 Å². The first kappa shape index (κ1) is 13.9. The summed E-state index contributed by atoms with van der Waals surface area (Å²) in [6.07, 6.45) is 3.88. The van der Waals surface area contributed by atoms with Crippen molar-refractivity contribution in [3.05, 3.63) is 6.33 Å². The van der Waals surface area contributed by atoms with E-state index in [1.165, 1.54) is 0 Å². The topological polar surface area (TPSA) is 61.5 Å². The lowest BCUT2D eigenvalue weighted by molar-refractivity contribution is 0.252. The van der Waals surface area contributed by atoms with Gasteiger partial charge >= 0.3 is 0 Å². The van der Waals surface area contributed by atoms with Crippen LogP contribution in [0.2, 0.25) is 0 Å². The van der Waals surface area contributed by atoms with Crippen molar-refractivity contribution >= 4 is 17.3 Å². The highest BCUT2D eigenvalue weighted by Gasteiger charge is 2.24. The zero-order valence-corrected chi connectivity index (χ0v) is 12.3. The molecule has 0 unspecified atom stereocenters. The third kappa shape index (κ3) is 2.89. The highest BCUT2D eigenvalue weighted by molar-refractivity contribution is 5.75. The van der Waals surface area contributed by atoms with Crippen molar-refractivity contribution in [3.8, 4) is 0 Å². The lowest BCUT2D eigenvalue weighted by atomic mass is 10.0. The Hall–Kier alpha value is -1.56. The van der Waals surface area contributed by atoms with E-state index in [1.807, 2.05) is 19.0 Å². The maximum atomic E-state index is 6.20. The summed E-state index contributed by atoms with van der Waals surface area (Å²) < 4.78 is 0. The van der Waals surface area contributed by atoms with Crippen molar-refractivity contribution in [2.75, 3.05) is 56.8 Å². The van der Waals surface area contributed by atoms with Crippen LogP contribution in [0, 0.1) is 0 Å². The minimum atomic E-state index is 0.503. The van der Waals surface area contributed by atoms with Crippen molar-refractivity contribution in [2.24, 2.45) is 0 Å². The number of nitrogen functional groups attached to an aromatic ring is 1. The number of hydrogen-bond donors (Lipinski definition) is 1. The number of aromatic nitrogens is 2. The molecule has 19 heavy (non-hydrogen) atoms. The van der Waals surface area contributed by atoms with Crippen LogP contribution in [0.5, 0.6) is 0 Å². The van der Waals surface area contributed by atoms with E-state index in [9.17, 15) is 0 Å². The molecule has 0 saturated carbocycles. The van der Waals surface area contributed by atoms with Gasteiger partial charge in [0.05, 0.1) is 0 Å². The smallest absolute Gasteiger partial charge is 0.157 e. The molecule has 106 valence electrons. The Morgan fingerprint density at radius 2 is 1.74 bits per heavy atom. The molecule has 1 aromatic heterocycles. The minimum Gasteiger partial charge on any atom is -0.393 e. The number of piperidine rings is 1. The molecule has 2 rings (SSSR count). The van der Waals surface area contributed by atoms with Crippen LogP contribution in [-0.2, 0) is 0 Å². The molecule has 1 aliphatic heterocycles. The molecule has 0 amide bonds. The average molecular weight is 264 g/mol. The fourth-order valence-electron chi connectivity index (χ4n) is 2.57. The highest BCUT2D eigenvalue weighted by atomic mass is 15.3.